The predicted molar refractivity (Wildman–Crippen MR) is 35.4 cm³/mol. The standard InChI is InChI=1S/C7H6N2O/c1-5-7(10)3-2-6(4-8)9-5/h2-3,10H,1H3. The van der Waals surface area contributed by atoms with Gasteiger partial charge in [-0.25, -0.2) is 4.98 Å². The molecular formula is C7H6N2O. The Balaban J connectivity index is 3.20. The number of aromatic hydroxyl groups is 1. The van der Waals surface area contributed by atoms with Crippen molar-refractivity contribution in [3.8, 4) is 11.8 Å². The molecule has 1 heterocycles. The summed E-state index contributed by atoms with van der Waals surface area (Å²) in [6, 6.07) is 4.81. The average molecular weight is 134 g/mol. The summed E-state index contributed by atoms with van der Waals surface area (Å²) in [5.41, 5.74) is 0.814. The molecule has 3 nitrogen and oxygen atoms in total. The van der Waals surface area contributed by atoms with Gasteiger partial charge in [-0.2, -0.15) is 5.26 Å². The van der Waals surface area contributed by atoms with Crippen LogP contribution in [0.2, 0.25) is 0 Å². The van der Waals surface area contributed by atoms with E-state index in [0.717, 1.165) is 0 Å². The van der Waals surface area contributed by atoms with E-state index in [1.807, 2.05) is 6.07 Å². The van der Waals surface area contributed by atoms with Crippen LogP contribution < -0.4 is 0 Å². The van der Waals surface area contributed by atoms with Crippen molar-refractivity contribution in [3.05, 3.63) is 23.5 Å². The maximum absolute atomic E-state index is 8.97. The Morgan fingerprint density at radius 3 is 2.80 bits per heavy atom. The molecule has 0 aliphatic heterocycles. The Labute approximate surface area is 58.6 Å². The van der Waals surface area contributed by atoms with Gasteiger partial charge in [-0.05, 0) is 19.1 Å². The van der Waals surface area contributed by atoms with E-state index in [1.54, 1.807) is 6.92 Å². The third-order valence-corrected chi connectivity index (χ3v) is 1.17. The van der Waals surface area contributed by atoms with Crippen molar-refractivity contribution in [3.63, 3.8) is 0 Å². The number of aryl methyl sites for hydroxylation is 1. The fourth-order valence-corrected chi connectivity index (χ4v) is 0.616. The number of nitrogens with zero attached hydrogens (tertiary/aromatic N) is 2. The summed E-state index contributed by atoms with van der Waals surface area (Å²) < 4.78 is 0. The summed E-state index contributed by atoms with van der Waals surface area (Å²) >= 11 is 0. The van der Waals surface area contributed by atoms with E-state index >= 15 is 0 Å². The third kappa shape index (κ3) is 1.06. The minimum atomic E-state index is 0.124. The van der Waals surface area contributed by atoms with Crippen LogP contribution >= 0.6 is 0 Å². The molecule has 10 heavy (non-hydrogen) atoms. The van der Waals surface area contributed by atoms with Gasteiger partial charge in [0.15, 0.2) is 0 Å². The zero-order valence-corrected chi connectivity index (χ0v) is 5.50. The van der Waals surface area contributed by atoms with Crippen LogP contribution in [0.5, 0.6) is 5.75 Å². The normalized spacial score (nSPS) is 8.80. The second-order valence-corrected chi connectivity index (χ2v) is 1.91. The Hall–Kier alpha value is -1.56. The molecule has 0 saturated carbocycles. The minimum absolute atomic E-state index is 0.124. The fraction of sp³-hybridized carbons (Fsp3) is 0.143. The Kier molecular flexibility index (Phi) is 1.55. The summed E-state index contributed by atoms with van der Waals surface area (Å²) in [7, 11) is 0. The zero-order valence-electron chi connectivity index (χ0n) is 5.50. The number of nitriles is 1. The molecule has 0 aliphatic rings. The average Bonchev–Trinajstić information content (AvgIpc) is 1.95. The highest BCUT2D eigenvalue weighted by molar-refractivity contribution is 5.31. The van der Waals surface area contributed by atoms with Crippen LogP contribution in [-0.2, 0) is 0 Å². The minimum Gasteiger partial charge on any atom is -0.506 e. The van der Waals surface area contributed by atoms with Gasteiger partial charge in [0.1, 0.15) is 17.5 Å². The Bertz CT molecular complexity index is 288. The van der Waals surface area contributed by atoms with Crippen LogP contribution in [0.4, 0.5) is 0 Å². The lowest BCUT2D eigenvalue weighted by Crippen LogP contribution is -1.85. The van der Waals surface area contributed by atoms with Crippen molar-refractivity contribution in [1.29, 1.82) is 5.26 Å². The predicted octanol–water partition coefficient (Wildman–Crippen LogP) is 0.967. The molecule has 0 unspecified atom stereocenters. The molecule has 0 aromatic carbocycles. The zero-order chi connectivity index (χ0) is 7.56. The quantitative estimate of drug-likeness (QED) is 0.575. The molecule has 0 spiro atoms. The number of aromatic nitrogens is 1. The highest BCUT2D eigenvalue weighted by atomic mass is 16.3. The van der Waals surface area contributed by atoms with E-state index in [2.05, 4.69) is 4.98 Å². The topological polar surface area (TPSA) is 56.9 Å². The van der Waals surface area contributed by atoms with Gasteiger partial charge in [0.2, 0.25) is 0 Å². The highest BCUT2D eigenvalue weighted by Crippen LogP contribution is 2.11. The van der Waals surface area contributed by atoms with Crippen molar-refractivity contribution >= 4 is 0 Å². The second kappa shape index (κ2) is 2.36. The Morgan fingerprint density at radius 2 is 2.30 bits per heavy atom. The van der Waals surface area contributed by atoms with Crippen molar-refractivity contribution < 1.29 is 5.11 Å². The summed E-state index contributed by atoms with van der Waals surface area (Å²) in [5.74, 6) is 0.124. The lowest BCUT2D eigenvalue weighted by atomic mass is 10.3. The van der Waals surface area contributed by atoms with Gasteiger partial charge in [-0.15, -0.1) is 0 Å². The number of pyridine rings is 1. The second-order valence-electron chi connectivity index (χ2n) is 1.91. The number of hydrogen-bond acceptors (Lipinski definition) is 3. The first kappa shape index (κ1) is 6.56. The van der Waals surface area contributed by atoms with Gasteiger partial charge in [0.25, 0.3) is 0 Å². The van der Waals surface area contributed by atoms with Crippen LogP contribution in [0.15, 0.2) is 12.1 Å². The molecule has 0 saturated heterocycles. The first-order valence-electron chi connectivity index (χ1n) is 2.81. The van der Waals surface area contributed by atoms with Crippen molar-refractivity contribution in [2.45, 2.75) is 6.92 Å². The fourth-order valence-electron chi connectivity index (χ4n) is 0.616. The summed E-state index contributed by atoms with van der Waals surface area (Å²) in [6.45, 7) is 1.65. The smallest absolute Gasteiger partial charge is 0.141 e. The molecule has 1 rings (SSSR count). The molecule has 1 aromatic heterocycles. The molecule has 0 aliphatic carbocycles. The van der Waals surface area contributed by atoms with Gasteiger partial charge < -0.3 is 5.11 Å². The van der Waals surface area contributed by atoms with E-state index in [-0.39, 0.29) is 5.75 Å². The maximum atomic E-state index is 8.97. The van der Waals surface area contributed by atoms with Crippen LogP contribution in [-0.4, -0.2) is 10.1 Å². The molecule has 0 atom stereocenters. The van der Waals surface area contributed by atoms with Crippen molar-refractivity contribution in [1.82, 2.24) is 4.98 Å². The Morgan fingerprint density at radius 1 is 1.60 bits per heavy atom. The molecule has 50 valence electrons. The SMILES string of the molecule is Cc1nc(C#N)ccc1O. The van der Waals surface area contributed by atoms with Gasteiger partial charge in [0, 0.05) is 0 Å². The maximum Gasteiger partial charge on any atom is 0.141 e. The highest BCUT2D eigenvalue weighted by Gasteiger charge is 1.96. The lowest BCUT2D eigenvalue weighted by Gasteiger charge is -1.94. The monoisotopic (exact) mass is 134 g/mol. The van der Waals surface area contributed by atoms with E-state index in [4.69, 9.17) is 10.4 Å². The molecule has 3 heteroatoms. The summed E-state index contributed by atoms with van der Waals surface area (Å²) in [4.78, 5) is 3.78. The number of hydrogen-bond donors (Lipinski definition) is 1. The van der Waals surface area contributed by atoms with Crippen LogP contribution in [0.25, 0.3) is 0 Å². The first-order valence-corrected chi connectivity index (χ1v) is 2.81. The number of rotatable bonds is 0. The molecule has 0 radical (unpaired) electrons. The van der Waals surface area contributed by atoms with E-state index in [0.29, 0.717) is 11.4 Å². The molecule has 0 amide bonds. The largest absolute Gasteiger partial charge is 0.506 e. The van der Waals surface area contributed by atoms with Gasteiger partial charge in [0.05, 0.1) is 5.69 Å². The van der Waals surface area contributed by atoms with Gasteiger partial charge >= 0.3 is 0 Å². The van der Waals surface area contributed by atoms with E-state index in [1.165, 1.54) is 12.1 Å². The molecule has 1 aromatic rings. The molecule has 0 fully saturated rings. The summed E-state index contributed by atoms with van der Waals surface area (Å²) in [6.07, 6.45) is 0. The first-order chi connectivity index (χ1) is 4.74. The van der Waals surface area contributed by atoms with Crippen LogP contribution in [0, 0.1) is 18.3 Å². The van der Waals surface area contributed by atoms with Crippen molar-refractivity contribution in [2.75, 3.05) is 0 Å². The molecule has 1 N–H and O–H groups in total. The van der Waals surface area contributed by atoms with Crippen LogP contribution in [0.1, 0.15) is 11.4 Å². The van der Waals surface area contributed by atoms with E-state index < -0.39 is 0 Å². The molecule has 0 bridgehead atoms. The third-order valence-electron chi connectivity index (χ3n) is 1.17. The van der Waals surface area contributed by atoms with E-state index in [9.17, 15) is 0 Å². The van der Waals surface area contributed by atoms with Crippen molar-refractivity contribution in [2.24, 2.45) is 0 Å². The lowest BCUT2D eigenvalue weighted by molar-refractivity contribution is 0.467. The van der Waals surface area contributed by atoms with Gasteiger partial charge in [-0.3, -0.25) is 0 Å². The van der Waals surface area contributed by atoms with Gasteiger partial charge in [-0.1, -0.05) is 0 Å². The summed E-state index contributed by atoms with van der Waals surface area (Å²) in [5, 5.41) is 17.3. The molecular weight excluding hydrogens is 128 g/mol. The van der Waals surface area contributed by atoms with Crippen LogP contribution in [0.3, 0.4) is 0 Å².